The normalized spacial score (nSPS) is 14.9. The summed E-state index contributed by atoms with van der Waals surface area (Å²) in [6, 6.07) is 6.08. The van der Waals surface area contributed by atoms with E-state index in [4.69, 9.17) is 16.0 Å². The Kier molecular flexibility index (Phi) is 5.55. The number of anilines is 1. The molecule has 1 aromatic carbocycles. The highest BCUT2D eigenvalue weighted by molar-refractivity contribution is 6.32. The topological polar surface area (TPSA) is 54.7 Å². The summed E-state index contributed by atoms with van der Waals surface area (Å²) in [5.74, 6) is 0.643. The molecule has 1 amide bonds. The van der Waals surface area contributed by atoms with E-state index in [-0.39, 0.29) is 23.2 Å². The molecule has 0 fully saturated rings. The van der Waals surface area contributed by atoms with Crippen LogP contribution in [-0.4, -0.2) is 30.5 Å². The molecule has 0 radical (unpaired) electrons. The third-order valence-corrected chi connectivity index (χ3v) is 4.20. The van der Waals surface area contributed by atoms with Gasteiger partial charge in [0.1, 0.15) is 11.5 Å². The van der Waals surface area contributed by atoms with Gasteiger partial charge in [0.2, 0.25) is 5.91 Å². The highest BCUT2D eigenvalue weighted by atomic mass is 35.5. The first-order valence-electron chi connectivity index (χ1n) is 7.83. The van der Waals surface area contributed by atoms with Crippen molar-refractivity contribution in [3.63, 3.8) is 0 Å². The summed E-state index contributed by atoms with van der Waals surface area (Å²) in [6.07, 6.45) is 3.44. The predicted molar refractivity (Wildman–Crippen MR) is 89.0 cm³/mol. The van der Waals surface area contributed by atoms with E-state index in [1.807, 2.05) is 11.0 Å². The Bertz CT molecular complexity index is 751. The van der Waals surface area contributed by atoms with Gasteiger partial charge < -0.3 is 14.5 Å². The molecule has 1 aliphatic rings. The number of hydrogen-bond acceptors (Lipinski definition) is 4. The van der Waals surface area contributed by atoms with E-state index in [2.05, 4.69) is 10.1 Å². The van der Waals surface area contributed by atoms with Gasteiger partial charge in [0.25, 0.3) is 0 Å². The smallest absolute Gasteiger partial charge is 0.387 e. The molecule has 0 unspecified atom stereocenters. The van der Waals surface area contributed by atoms with Gasteiger partial charge in [-0.2, -0.15) is 8.78 Å². The van der Waals surface area contributed by atoms with Gasteiger partial charge in [-0.25, -0.2) is 0 Å². The fraction of sp³-hybridized carbons (Fsp3) is 0.353. The van der Waals surface area contributed by atoms with Gasteiger partial charge in [-0.1, -0.05) is 11.6 Å². The van der Waals surface area contributed by atoms with E-state index in [1.54, 1.807) is 6.26 Å². The summed E-state index contributed by atoms with van der Waals surface area (Å²) in [5, 5.41) is 2.73. The summed E-state index contributed by atoms with van der Waals surface area (Å²) in [6.45, 7) is -1.29. The highest BCUT2D eigenvalue weighted by Crippen LogP contribution is 2.29. The second kappa shape index (κ2) is 7.84. The lowest BCUT2D eigenvalue weighted by Crippen LogP contribution is -2.33. The molecular formula is C17H17ClF2N2O3. The van der Waals surface area contributed by atoms with E-state index >= 15 is 0 Å². The molecule has 1 aliphatic heterocycles. The van der Waals surface area contributed by atoms with E-state index in [1.165, 1.54) is 18.2 Å². The van der Waals surface area contributed by atoms with Crippen molar-refractivity contribution in [3.05, 3.63) is 46.9 Å². The van der Waals surface area contributed by atoms with Gasteiger partial charge in [-0.3, -0.25) is 9.69 Å². The van der Waals surface area contributed by atoms with Crippen molar-refractivity contribution in [1.29, 1.82) is 0 Å². The van der Waals surface area contributed by atoms with Gasteiger partial charge >= 0.3 is 6.61 Å². The molecule has 2 aromatic rings. The minimum atomic E-state index is -2.95. The van der Waals surface area contributed by atoms with Crippen molar-refractivity contribution in [3.8, 4) is 5.75 Å². The molecule has 5 nitrogen and oxygen atoms in total. The molecule has 0 saturated carbocycles. The molecule has 134 valence electrons. The number of nitrogens with one attached hydrogen (secondary N) is 1. The monoisotopic (exact) mass is 370 g/mol. The maximum absolute atomic E-state index is 12.2. The van der Waals surface area contributed by atoms with Crippen molar-refractivity contribution in [2.24, 2.45) is 0 Å². The maximum Gasteiger partial charge on any atom is 0.387 e. The van der Waals surface area contributed by atoms with Crippen LogP contribution in [0.4, 0.5) is 14.5 Å². The number of furan rings is 1. The van der Waals surface area contributed by atoms with Crippen molar-refractivity contribution in [1.82, 2.24) is 4.90 Å². The molecule has 1 aromatic heterocycles. The lowest BCUT2D eigenvalue weighted by molar-refractivity contribution is -0.117. The maximum atomic E-state index is 12.2. The fourth-order valence-electron chi connectivity index (χ4n) is 2.82. The number of carbonyl (C=O) groups excluding carboxylic acids is 1. The minimum Gasteiger partial charge on any atom is -0.469 e. The number of amides is 1. The zero-order valence-electron chi connectivity index (χ0n) is 13.3. The lowest BCUT2D eigenvalue weighted by atomic mass is 10.2. The number of benzene rings is 1. The first kappa shape index (κ1) is 17.7. The molecule has 0 atom stereocenters. The van der Waals surface area contributed by atoms with Crippen LogP contribution in [0.5, 0.6) is 5.75 Å². The second-order valence-corrected chi connectivity index (χ2v) is 6.16. The summed E-state index contributed by atoms with van der Waals surface area (Å²) in [5.41, 5.74) is 1.53. The van der Waals surface area contributed by atoms with E-state index in [0.717, 1.165) is 30.7 Å². The largest absolute Gasteiger partial charge is 0.469 e. The lowest BCUT2D eigenvalue weighted by Gasteiger charge is -2.19. The Morgan fingerprint density at radius 1 is 1.40 bits per heavy atom. The SMILES string of the molecule is O=C(CN1CCCc2occc2C1)Nc1ccc(OC(F)F)c(Cl)c1. The molecule has 1 N–H and O–H groups in total. The molecule has 0 bridgehead atoms. The Morgan fingerprint density at radius 2 is 2.24 bits per heavy atom. The molecule has 25 heavy (non-hydrogen) atoms. The number of nitrogens with zero attached hydrogens (tertiary/aromatic N) is 1. The van der Waals surface area contributed by atoms with Crippen LogP contribution in [0.2, 0.25) is 5.02 Å². The average molecular weight is 371 g/mol. The Hall–Kier alpha value is -2.12. The number of aryl methyl sites for hydroxylation is 1. The van der Waals surface area contributed by atoms with Crippen molar-refractivity contribution < 1.29 is 22.7 Å². The first-order chi connectivity index (χ1) is 12.0. The van der Waals surface area contributed by atoms with Crippen LogP contribution in [0.15, 0.2) is 34.9 Å². The van der Waals surface area contributed by atoms with Crippen LogP contribution in [0.3, 0.4) is 0 Å². The molecule has 2 heterocycles. The Balaban J connectivity index is 1.58. The van der Waals surface area contributed by atoms with Crippen LogP contribution in [0.1, 0.15) is 17.7 Å². The predicted octanol–water partition coefficient (Wildman–Crippen LogP) is 3.92. The summed E-state index contributed by atoms with van der Waals surface area (Å²) in [4.78, 5) is 14.3. The van der Waals surface area contributed by atoms with Gasteiger partial charge in [0.15, 0.2) is 0 Å². The zero-order valence-corrected chi connectivity index (χ0v) is 14.1. The van der Waals surface area contributed by atoms with Crippen molar-refractivity contribution in [2.45, 2.75) is 26.0 Å². The molecule has 3 rings (SSSR count). The van der Waals surface area contributed by atoms with Crippen molar-refractivity contribution in [2.75, 3.05) is 18.4 Å². The second-order valence-electron chi connectivity index (χ2n) is 5.76. The molecular weight excluding hydrogens is 354 g/mol. The number of hydrogen-bond donors (Lipinski definition) is 1. The van der Waals surface area contributed by atoms with Crippen LogP contribution >= 0.6 is 11.6 Å². The van der Waals surface area contributed by atoms with Crippen molar-refractivity contribution >= 4 is 23.2 Å². The number of carbonyl (C=O) groups is 1. The third kappa shape index (κ3) is 4.70. The van der Waals surface area contributed by atoms with Gasteiger partial charge in [0, 0.05) is 24.2 Å². The Morgan fingerprint density at radius 3 is 3.00 bits per heavy atom. The summed E-state index contributed by atoms with van der Waals surface area (Å²) < 4.78 is 34.1. The molecule has 0 aliphatic carbocycles. The summed E-state index contributed by atoms with van der Waals surface area (Å²) >= 11 is 5.88. The van der Waals surface area contributed by atoms with Crippen LogP contribution in [0, 0.1) is 0 Å². The van der Waals surface area contributed by atoms with Crippen LogP contribution in [0.25, 0.3) is 0 Å². The number of fused-ring (bicyclic) bond motifs is 1. The van der Waals surface area contributed by atoms with Gasteiger partial charge in [-0.05, 0) is 37.2 Å². The van der Waals surface area contributed by atoms with Crippen LogP contribution < -0.4 is 10.1 Å². The number of halogens is 3. The highest BCUT2D eigenvalue weighted by Gasteiger charge is 2.19. The fourth-order valence-corrected chi connectivity index (χ4v) is 3.04. The van der Waals surface area contributed by atoms with Gasteiger partial charge in [0.05, 0.1) is 17.8 Å². The third-order valence-electron chi connectivity index (χ3n) is 3.91. The quantitative estimate of drug-likeness (QED) is 0.866. The standard InChI is InChI=1S/C17H17ClF2N2O3/c18-13-8-12(3-4-15(13)25-17(19)20)21-16(23)10-22-6-1-2-14-11(9-22)5-7-24-14/h3-5,7-8,17H,1-2,6,9-10H2,(H,21,23). The van der Waals surface area contributed by atoms with E-state index in [0.29, 0.717) is 12.2 Å². The summed E-state index contributed by atoms with van der Waals surface area (Å²) in [7, 11) is 0. The van der Waals surface area contributed by atoms with Crippen LogP contribution in [-0.2, 0) is 17.8 Å². The number of ether oxygens (including phenoxy) is 1. The number of rotatable bonds is 5. The average Bonchev–Trinajstić information content (AvgIpc) is 2.88. The number of alkyl halides is 2. The zero-order chi connectivity index (χ0) is 17.8. The van der Waals surface area contributed by atoms with Gasteiger partial charge in [-0.15, -0.1) is 0 Å². The minimum absolute atomic E-state index is 0.0101. The molecule has 0 saturated heterocycles. The first-order valence-corrected chi connectivity index (χ1v) is 8.21. The molecule has 8 heteroatoms. The van der Waals surface area contributed by atoms with E-state index < -0.39 is 6.61 Å². The molecule has 0 spiro atoms. The Labute approximate surface area is 148 Å². The van der Waals surface area contributed by atoms with E-state index in [9.17, 15) is 13.6 Å².